The van der Waals surface area contributed by atoms with Crippen LogP contribution in [0.25, 0.3) is 0 Å². The minimum Gasteiger partial charge on any atom is -0.371 e. The van der Waals surface area contributed by atoms with E-state index in [1.165, 1.54) is 28.6 Å². The molecule has 3 rings (SSSR count). The number of hydrogen-bond acceptors (Lipinski definition) is 4. The first-order valence-electron chi connectivity index (χ1n) is 6.99. The van der Waals surface area contributed by atoms with Crippen molar-refractivity contribution in [3.8, 4) is 0 Å². The number of rotatable bonds is 2. The molecule has 0 saturated carbocycles. The van der Waals surface area contributed by atoms with Crippen LogP contribution < -0.4 is 0 Å². The second kappa shape index (κ2) is 7.02. The van der Waals surface area contributed by atoms with Gasteiger partial charge in [-0.2, -0.15) is 23.5 Å². The molecule has 19 heavy (non-hydrogen) atoms. The summed E-state index contributed by atoms with van der Waals surface area (Å²) >= 11 is 4.22. The molecule has 2 heterocycles. The lowest BCUT2D eigenvalue weighted by atomic mass is 10.1. The minimum atomic E-state index is 0.258. The molecule has 0 radical (unpaired) electrons. The summed E-state index contributed by atoms with van der Waals surface area (Å²) in [5.41, 5.74) is 1.32. The van der Waals surface area contributed by atoms with Gasteiger partial charge in [-0.3, -0.25) is 4.90 Å². The van der Waals surface area contributed by atoms with E-state index in [0.717, 1.165) is 25.7 Å². The number of morpholine rings is 1. The minimum absolute atomic E-state index is 0.258. The Balaban J connectivity index is 1.64. The van der Waals surface area contributed by atoms with Gasteiger partial charge in [-0.25, -0.2) is 0 Å². The van der Waals surface area contributed by atoms with Gasteiger partial charge in [0.2, 0.25) is 0 Å². The monoisotopic (exact) mass is 295 g/mol. The normalized spacial score (nSPS) is 27.1. The fourth-order valence-corrected chi connectivity index (χ4v) is 5.31. The fraction of sp³-hybridized carbons (Fsp3) is 0.600. The molecular weight excluding hydrogens is 274 g/mol. The molecule has 0 amide bonds. The molecule has 0 N–H and O–H groups in total. The molecule has 0 bridgehead atoms. The fourth-order valence-electron chi connectivity index (χ4n) is 2.69. The van der Waals surface area contributed by atoms with Crippen LogP contribution in [0.1, 0.15) is 11.7 Å². The molecule has 2 saturated heterocycles. The van der Waals surface area contributed by atoms with E-state index in [1.807, 2.05) is 0 Å². The van der Waals surface area contributed by atoms with Crippen molar-refractivity contribution in [2.24, 2.45) is 0 Å². The summed E-state index contributed by atoms with van der Waals surface area (Å²) < 4.78 is 5.96. The first-order valence-corrected chi connectivity index (χ1v) is 9.30. The van der Waals surface area contributed by atoms with Crippen molar-refractivity contribution in [1.82, 2.24) is 4.90 Å². The zero-order valence-corrected chi connectivity index (χ0v) is 12.8. The lowest BCUT2D eigenvalue weighted by Crippen LogP contribution is -2.46. The van der Waals surface area contributed by atoms with Crippen molar-refractivity contribution in [2.45, 2.75) is 12.1 Å². The van der Waals surface area contributed by atoms with Gasteiger partial charge in [-0.15, -0.1) is 0 Å². The smallest absolute Gasteiger partial charge is 0.0952 e. The lowest BCUT2D eigenvalue weighted by Gasteiger charge is -2.37. The number of nitrogens with zero attached hydrogens (tertiary/aromatic N) is 1. The van der Waals surface area contributed by atoms with Crippen molar-refractivity contribution in [3.63, 3.8) is 0 Å². The topological polar surface area (TPSA) is 12.5 Å². The van der Waals surface area contributed by atoms with Crippen molar-refractivity contribution in [1.29, 1.82) is 0 Å². The van der Waals surface area contributed by atoms with Gasteiger partial charge < -0.3 is 4.74 Å². The van der Waals surface area contributed by atoms with Crippen molar-refractivity contribution in [2.75, 3.05) is 42.7 Å². The number of benzene rings is 1. The zero-order chi connectivity index (χ0) is 12.9. The number of thioether (sulfide) groups is 2. The Labute approximate surface area is 124 Å². The molecule has 1 aromatic rings. The molecule has 0 unspecified atom stereocenters. The third-order valence-corrected chi connectivity index (χ3v) is 6.26. The summed E-state index contributed by atoms with van der Waals surface area (Å²) in [5, 5.41) is 0. The van der Waals surface area contributed by atoms with Gasteiger partial charge in [-0.1, -0.05) is 30.3 Å². The Kier molecular flexibility index (Phi) is 5.10. The van der Waals surface area contributed by atoms with Gasteiger partial charge in [0.1, 0.15) is 0 Å². The number of hydrogen-bond donors (Lipinski definition) is 0. The highest BCUT2D eigenvalue weighted by molar-refractivity contribution is 8.03. The van der Waals surface area contributed by atoms with E-state index in [1.54, 1.807) is 0 Å². The van der Waals surface area contributed by atoms with Crippen molar-refractivity contribution >= 4 is 23.5 Å². The van der Waals surface area contributed by atoms with Gasteiger partial charge in [0, 0.05) is 42.1 Å². The Morgan fingerprint density at radius 1 is 1.05 bits per heavy atom. The molecule has 1 atom stereocenters. The third-order valence-electron chi connectivity index (χ3n) is 3.78. The summed E-state index contributed by atoms with van der Waals surface area (Å²) in [6, 6.07) is 11.4. The maximum absolute atomic E-state index is 5.96. The molecule has 0 spiro atoms. The van der Waals surface area contributed by atoms with E-state index < -0.39 is 0 Å². The summed E-state index contributed by atoms with van der Waals surface area (Å²) in [5.74, 6) is 5.20. The molecular formula is C15H21NOS2. The Bertz CT molecular complexity index is 379. The summed E-state index contributed by atoms with van der Waals surface area (Å²) in [6.07, 6.45) is 0.258. The van der Waals surface area contributed by atoms with Crippen LogP contribution in [0.2, 0.25) is 0 Å². The average molecular weight is 295 g/mol. The summed E-state index contributed by atoms with van der Waals surface area (Å²) in [4.78, 5) is 2.65. The van der Waals surface area contributed by atoms with Gasteiger partial charge in [0.15, 0.2) is 0 Å². The Morgan fingerprint density at radius 3 is 2.53 bits per heavy atom. The SMILES string of the molecule is c1ccc([C@H]2CN(C3CSCCSC3)CCO2)cc1. The third kappa shape index (κ3) is 3.69. The van der Waals surface area contributed by atoms with E-state index in [0.29, 0.717) is 0 Å². The van der Waals surface area contributed by atoms with Crippen LogP contribution >= 0.6 is 23.5 Å². The van der Waals surface area contributed by atoms with Gasteiger partial charge in [0.05, 0.1) is 12.7 Å². The molecule has 2 nitrogen and oxygen atoms in total. The van der Waals surface area contributed by atoms with Crippen LogP contribution in [0.4, 0.5) is 0 Å². The highest BCUT2D eigenvalue weighted by atomic mass is 32.2. The van der Waals surface area contributed by atoms with Crippen molar-refractivity contribution in [3.05, 3.63) is 35.9 Å². The standard InChI is InChI=1S/C15H21NOS2/c1-2-4-13(5-3-1)15-10-16(6-7-17-15)14-11-18-8-9-19-12-14/h1-5,14-15H,6-12H2/t15-/m1/s1. The maximum atomic E-state index is 5.96. The number of ether oxygens (including phenoxy) is 1. The van der Waals surface area contributed by atoms with Crippen LogP contribution in [0.3, 0.4) is 0 Å². The quantitative estimate of drug-likeness (QED) is 0.831. The maximum Gasteiger partial charge on any atom is 0.0952 e. The summed E-state index contributed by atoms with van der Waals surface area (Å²) in [6.45, 7) is 3.01. The van der Waals surface area contributed by atoms with Crippen LogP contribution in [0.15, 0.2) is 30.3 Å². The van der Waals surface area contributed by atoms with Crippen LogP contribution in [0.5, 0.6) is 0 Å². The second-order valence-electron chi connectivity index (χ2n) is 5.07. The first kappa shape index (κ1) is 13.8. The highest BCUT2D eigenvalue weighted by Gasteiger charge is 2.27. The molecule has 2 aliphatic heterocycles. The zero-order valence-electron chi connectivity index (χ0n) is 11.2. The van der Waals surface area contributed by atoms with E-state index in [4.69, 9.17) is 4.74 Å². The summed E-state index contributed by atoms with van der Waals surface area (Å²) in [7, 11) is 0. The predicted octanol–water partition coefficient (Wildman–Crippen LogP) is 2.91. The second-order valence-corrected chi connectivity index (χ2v) is 7.37. The van der Waals surface area contributed by atoms with E-state index in [9.17, 15) is 0 Å². The van der Waals surface area contributed by atoms with Crippen molar-refractivity contribution < 1.29 is 4.74 Å². The first-order chi connectivity index (χ1) is 9.43. The van der Waals surface area contributed by atoms with Crippen LogP contribution in [-0.2, 0) is 4.74 Å². The molecule has 4 heteroatoms. The molecule has 0 aliphatic carbocycles. The van der Waals surface area contributed by atoms with E-state index in [-0.39, 0.29) is 6.10 Å². The predicted molar refractivity (Wildman–Crippen MR) is 85.1 cm³/mol. The molecule has 2 fully saturated rings. The van der Waals surface area contributed by atoms with Gasteiger partial charge in [0.25, 0.3) is 0 Å². The van der Waals surface area contributed by atoms with Gasteiger partial charge >= 0.3 is 0 Å². The van der Waals surface area contributed by atoms with E-state index >= 15 is 0 Å². The van der Waals surface area contributed by atoms with E-state index in [2.05, 4.69) is 58.8 Å². The average Bonchev–Trinajstić information content (AvgIpc) is 2.77. The Morgan fingerprint density at radius 2 is 1.79 bits per heavy atom. The molecule has 1 aromatic carbocycles. The lowest BCUT2D eigenvalue weighted by molar-refractivity contribution is -0.0389. The highest BCUT2D eigenvalue weighted by Crippen LogP contribution is 2.27. The molecule has 0 aromatic heterocycles. The van der Waals surface area contributed by atoms with Crippen LogP contribution in [0, 0.1) is 0 Å². The Hall–Kier alpha value is -0.160. The molecule has 104 valence electrons. The van der Waals surface area contributed by atoms with Crippen LogP contribution in [-0.4, -0.2) is 53.6 Å². The van der Waals surface area contributed by atoms with Gasteiger partial charge in [-0.05, 0) is 5.56 Å². The molecule has 2 aliphatic rings. The largest absolute Gasteiger partial charge is 0.371 e.